The first-order chi connectivity index (χ1) is 8.90. The minimum Gasteiger partial charge on any atom is -0.493 e. The van der Waals surface area contributed by atoms with Gasteiger partial charge in [0.1, 0.15) is 11.3 Å². The van der Waals surface area contributed by atoms with Gasteiger partial charge in [0.05, 0.1) is 19.3 Å². The Morgan fingerprint density at radius 3 is 2.53 bits per heavy atom. The van der Waals surface area contributed by atoms with Crippen molar-refractivity contribution >= 4 is 5.97 Å². The predicted molar refractivity (Wildman–Crippen MR) is 63.2 cm³/mol. The van der Waals surface area contributed by atoms with Gasteiger partial charge in [-0.15, -0.1) is 0 Å². The largest absolute Gasteiger partial charge is 0.493 e. The summed E-state index contributed by atoms with van der Waals surface area (Å²) in [6, 6.07) is 2.72. The van der Waals surface area contributed by atoms with Crippen LogP contribution < -0.4 is 4.74 Å². The molecule has 0 aliphatic heterocycles. The van der Waals surface area contributed by atoms with E-state index in [0.29, 0.717) is 6.42 Å². The predicted octanol–water partition coefficient (Wildman–Crippen LogP) is 3.67. The molecule has 0 spiro atoms. The molecule has 0 N–H and O–H groups in total. The summed E-state index contributed by atoms with van der Waals surface area (Å²) in [6.45, 7) is 2.18. The van der Waals surface area contributed by atoms with Crippen molar-refractivity contribution in [1.29, 1.82) is 0 Å². The lowest BCUT2D eigenvalue weighted by molar-refractivity contribution is -0.137. The number of unbranched alkanes of at least 4 members (excludes halogenated alkanes) is 1. The van der Waals surface area contributed by atoms with Crippen LogP contribution in [0.3, 0.4) is 0 Å². The van der Waals surface area contributed by atoms with Crippen LogP contribution in [0.4, 0.5) is 13.2 Å². The van der Waals surface area contributed by atoms with Crippen molar-refractivity contribution in [2.45, 2.75) is 25.9 Å². The van der Waals surface area contributed by atoms with Gasteiger partial charge in [-0.2, -0.15) is 13.2 Å². The van der Waals surface area contributed by atoms with Crippen molar-refractivity contribution in [3.05, 3.63) is 29.3 Å². The number of hydrogen-bond acceptors (Lipinski definition) is 3. The van der Waals surface area contributed by atoms with E-state index in [1.807, 2.05) is 6.92 Å². The average molecular weight is 276 g/mol. The Kier molecular flexibility index (Phi) is 5.20. The highest BCUT2D eigenvalue weighted by molar-refractivity contribution is 5.92. The van der Waals surface area contributed by atoms with Crippen LogP contribution in [-0.4, -0.2) is 19.7 Å². The third-order valence-electron chi connectivity index (χ3n) is 2.47. The van der Waals surface area contributed by atoms with E-state index < -0.39 is 17.7 Å². The molecule has 106 valence electrons. The summed E-state index contributed by atoms with van der Waals surface area (Å²) in [6.07, 6.45) is -2.94. The van der Waals surface area contributed by atoms with Crippen molar-refractivity contribution < 1.29 is 27.4 Å². The molecule has 0 radical (unpaired) electrons. The summed E-state index contributed by atoms with van der Waals surface area (Å²) in [5.41, 5.74) is -0.863. The van der Waals surface area contributed by atoms with E-state index in [2.05, 4.69) is 4.74 Å². The van der Waals surface area contributed by atoms with Crippen molar-refractivity contribution in [3.63, 3.8) is 0 Å². The van der Waals surface area contributed by atoms with Crippen molar-refractivity contribution in [3.8, 4) is 5.75 Å². The van der Waals surface area contributed by atoms with Gasteiger partial charge < -0.3 is 9.47 Å². The minimum absolute atomic E-state index is 0.00777. The van der Waals surface area contributed by atoms with Crippen molar-refractivity contribution in [2.24, 2.45) is 0 Å². The number of esters is 1. The van der Waals surface area contributed by atoms with E-state index >= 15 is 0 Å². The molecule has 6 heteroatoms. The molecule has 0 heterocycles. The highest BCUT2D eigenvalue weighted by Crippen LogP contribution is 2.33. The number of carbonyl (C=O) groups excluding carboxylic acids is 1. The smallest absolute Gasteiger partial charge is 0.416 e. The van der Waals surface area contributed by atoms with Crippen LogP contribution >= 0.6 is 0 Å². The van der Waals surface area contributed by atoms with Crippen LogP contribution in [0.5, 0.6) is 5.75 Å². The van der Waals surface area contributed by atoms with Crippen LogP contribution in [0.1, 0.15) is 35.7 Å². The zero-order valence-corrected chi connectivity index (χ0v) is 10.7. The molecule has 0 unspecified atom stereocenters. The lowest BCUT2D eigenvalue weighted by Gasteiger charge is -2.13. The number of benzene rings is 1. The molecule has 0 atom stereocenters. The standard InChI is InChI=1S/C13H15F3O3/c1-3-4-7-19-11-8-9(13(14,15)16)5-6-10(11)12(17)18-2/h5-6,8H,3-4,7H2,1-2H3. The first-order valence-electron chi connectivity index (χ1n) is 5.82. The normalized spacial score (nSPS) is 11.2. The fourth-order valence-electron chi connectivity index (χ4n) is 1.42. The molecule has 3 nitrogen and oxygen atoms in total. The fourth-order valence-corrected chi connectivity index (χ4v) is 1.42. The van der Waals surface area contributed by atoms with Crippen LogP contribution in [0.2, 0.25) is 0 Å². The second kappa shape index (κ2) is 6.45. The summed E-state index contributed by atoms with van der Waals surface area (Å²) in [4.78, 5) is 11.4. The van der Waals surface area contributed by atoms with Gasteiger partial charge >= 0.3 is 12.1 Å². The van der Waals surface area contributed by atoms with Gasteiger partial charge in [0.25, 0.3) is 0 Å². The van der Waals surface area contributed by atoms with Crippen molar-refractivity contribution in [1.82, 2.24) is 0 Å². The molecule has 0 bridgehead atoms. The van der Waals surface area contributed by atoms with Gasteiger partial charge in [-0.05, 0) is 24.6 Å². The number of ether oxygens (including phenoxy) is 2. The molecule has 1 rings (SSSR count). The Morgan fingerprint density at radius 1 is 1.32 bits per heavy atom. The lowest BCUT2D eigenvalue weighted by atomic mass is 10.1. The lowest BCUT2D eigenvalue weighted by Crippen LogP contribution is -2.10. The van der Waals surface area contributed by atoms with E-state index in [-0.39, 0.29) is 17.9 Å². The van der Waals surface area contributed by atoms with Crippen LogP contribution in [0, 0.1) is 0 Å². The Morgan fingerprint density at radius 2 is 2.00 bits per heavy atom. The maximum atomic E-state index is 12.6. The second-order valence-corrected chi connectivity index (χ2v) is 3.90. The Hall–Kier alpha value is -1.72. The van der Waals surface area contributed by atoms with Gasteiger partial charge in [-0.3, -0.25) is 0 Å². The molecule has 0 aliphatic carbocycles. The molecule has 0 aromatic heterocycles. The van der Waals surface area contributed by atoms with Gasteiger partial charge in [0.2, 0.25) is 0 Å². The molecule has 0 saturated carbocycles. The molecule has 0 saturated heterocycles. The van der Waals surface area contributed by atoms with E-state index in [1.165, 1.54) is 0 Å². The summed E-state index contributed by atoms with van der Waals surface area (Å²) in [5, 5.41) is 0. The van der Waals surface area contributed by atoms with E-state index in [4.69, 9.17) is 4.74 Å². The minimum atomic E-state index is -4.47. The van der Waals surface area contributed by atoms with Crippen LogP contribution in [0.15, 0.2) is 18.2 Å². The quantitative estimate of drug-likeness (QED) is 0.608. The Balaban J connectivity index is 3.07. The number of alkyl halides is 3. The molecular weight excluding hydrogens is 261 g/mol. The molecule has 19 heavy (non-hydrogen) atoms. The highest BCUT2D eigenvalue weighted by atomic mass is 19.4. The first-order valence-corrected chi connectivity index (χ1v) is 5.82. The first kappa shape index (κ1) is 15.3. The third-order valence-corrected chi connectivity index (χ3v) is 2.47. The number of methoxy groups -OCH3 is 1. The van der Waals surface area contributed by atoms with E-state index in [9.17, 15) is 18.0 Å². The summed E-state index contributed by atoms with van der Waals surface area (Å²) >= 11 is 0. The van der Waals surface area contributed by atoms with Crippen LogP contribution in [-0.2, 0) is 10.9 Å². The molecule has 1 aromatic carbocycles. The average Bonchev–Trinajstić information content (AvgIpc) is 2.37. The zero-order chi connectivity index (χ0) is 14.5. The number of rotatable bonds is 5. The second-order valence-electron chi connectivity index (χ2n) is 3.90. The van der Waals surface area contributed by atoms with E-state index in [1.54, 1.807) is 0 Å². The van der Waals surface area contributed by atoms with Gasteiger partial charge in [-0.1, -0.05) is 13.3 Å². The maximum Gasteiger partial charge on any atom is 0.416 e. The number of carbonyl (C=O) groups is 1. The Bertz CT molecular complexity index is 441. The third kappa shape index (κ3) is 4.15. The SMILES string of the molecule is CCCCOc1cc(C(F)(F)F)ccc1C(=O)OC. The number of hydrogen-bond donors (Lipinski definition) is 0. The number of halogens is 3. The van der Waals surface area contributed by atoms with Gasteiger partial charge in [-0.25, -0.2) is 4.79 Å². The van der Waals surface area contributed by atoms with Gasteiger partial charge in [0.15, 0.2) is 0 Å². The van der Waals surface area contributed by atoms with Crippen LogP contribution in [0.25, 0.3) is 0 Å². The molecule has 1 aromatic rings. The van der Waals surface area contributed by atoms with E-state index in [0.717, 1.165) is 31.7 Å². The zero-order valence-electron chi connectivity index (χ0n) is 10.7. The molecule has 0 aliphatic rings. The summed E-state index contributed by atoms with van der Waals surface area (Å²) < 4.78 is 47.5. The maximum absolute atomic E-state index is 12.6. The van der Waals surface area contributed by atoms with Crippen molar-refractivity contribution in [2.75, 3.05) is 13.7 Å². The Labute approximate surface area is 109 Å². The monoisotopic (exact) mass is 276 g/mol. The highest BCUT2D eigenvalue weighted by Gasteiger charge is 2.32. The topological polar surface area (TPSA) is 35.5 Å². The molecule has 0 fully saturated rings. The summed E-state index contributed by atoms with van der Waals surface area (Å²) in [5.74, 6) is -0.824. The fraction of sp³-hybridized carbons (Fsp3) is 0.462. The molecule has 0 amide bonds. The summed E-state index contributed by atoms with van der Waals surface area (Å²) in [7, 11) is 1.16. The van der Waals surface area contributed by atoms with Gasteiger partial charge in [0, 0.05) is 0 Å². The molecular formula is C13H15F3O3.